The Morgan fingerprint density at radius 1 is 1.44 bits per heavy atom. The molecule has 1 atom stereocenters. The lowest BCUT2D eigenvalue weighted by Gasteiger charge is -2.25. The van der Waals surface area contributed by atoms with Gasteiger partial charge in [0, 0.05) is 18.8 Å². The molecule has 2 N–H and O–H groups in total. The number of thioether (sulfide) groups is 1. The number of carbonyl (C=O) groups excluding carboxylic acids is 2. The van der Waals surface area contributed by atoms with Crippen LogP contribution >= 0.6 is 11.8 Å². The Morgan fingerprint density at radius 3 is 2.56 bits per heavy atom. The van der Waals surface area contributed by atoms with Crippen LogP contribution in [-0.4, -0.2) is 77.5 Å². The summed E-state index contributed by atoms with van der Waals surface area (Å²) in [5.74, 6) is -1.04. The van der Waals surface area contributed by atoms with E-state index in [1.807, 2.05) is 19.0 Å². The molecule has 0 aromatic carbocycles. The van der Waals surface area contributed by atoms with Crippen LogP contribution in [0.15, 0.2) is 0 Å². The standard InChI is InChI=1S/C10H17N3O4S/c1-12(2)3-4-13(5-8(14)15)9(16)7-6-18-10(17)11-7/h7H,3-6H2,1-2H3,(H,11,17)(H,14,15). The van der Waals surface area contributed by atoms with Gasteiger partial charge in [-0.1, -0.05) is 11.8 Å². The third-order valence-electron chi connectivity index (χ3n) is 2.43. The molecule has 1 unspecified atom stereocenters. The smallest absolute Gasteiger partial charge is 0.323 e. The van der Waals surface area contributed by atoms with Crippen LogP contribution in [0.4, 0.5) is 4.79 Å². The molecule has 0 bridgehead atoms. The van der Waals surface area contributed by atoms with Gasteiger partial charge in [0.05, 0.1) is 0 Å². The fraction of sp³-hybridized carbons (Fsp3) is 0.700. The molecule has 1 rings (SSSR count). The number of likely N-dealkylation sites (N-methyl/N-ethyl adjacent to an activating group) is 1. The summed E-state index contributed by atoms with van der Waals surface area (Å²) in [7, 11) is 3.69. The maximum absolute atomic E-state index is 12.1. The number of carboxylic acid groups (broad SMARTS) is 1. The van der Waals surface area contributed by atoms with E-state index in [1.54, 1.807) is 0 Å². The summed E-state index contributed by atoms with van der Waals surface area (Å²) in [6, 6.07) is -0.607. The van der Waals surface area contributed by atoms with Gasteiger partial charge in [-0.3, -0.25) is 14.4 Å². The molecule has 0 spiro atoms. The maximum Gasteiger partial charge on any atom is 0.323 e. The Bertz CT molecular complexity index is 348. The minimum Gasteiger partial charge on any atom is -0.480 e. The lowest BCUT2D eigenvalue weighted by atomic mass is 10.2. The van der Waals surface area contributed by atoms with Gasteiger partial charge in [-0.05, 0) is 14.1 Å². The van der Waals surface area contributed by atoms with E-state index >= 15 is 0 Å². The van der Waals surface area contributed by atoms with E-state index in [-0.39, 0.29) is 17.7 Å². The SMILES string of the molecule is CN(C)CCN(CC(=O)O)C(=O)C1CSC(=O)N1. The molecule has 1 aliphatic rings. The van der Waals surface area contributed by atoms with Crippen LogP contribution in [0, 0.1) is 0 Å². The second-order valence-corrected chi connectivity index (χ2v) is 5.24. The maximum atomic E-state index is 12.1. The predicted octanol–water partition coefficient (Wildman–Crippen LogP) is -0.714. The van der Waals surface area contributed by atoms with Crippen LogP contribution < -0.4 is 5.32 Å². The fourth-order valence-electron chi connectivity index (χ4n) is 1.49. The van der Waals surface area contributed by atoms with Gasteiger partial charge in [-0.2, -0.15) is 0 Å². The molecule has 18 heavy (non-hydrogen) atoms. The van der Waals surface area contributed by atoms with Crippen LogP contribution in [0.3, 0.4) is 0 Å². The van der Waals surface area contributed by atoms with Crippen LogP contribution in [0.25, 0.3) is 0 Å². The summed E-state index contributed by atoms with van der Waals surface area (Å²) < 4.78 is 0. The van der Waals surface area contributed by atoms with Crippen molar-refractivity contribution in [2.45, 2.75) is 6.04 Å². The lowest BCUT2D eigenvalue weighted by Crippen LogP contribution is -2.49. The highest BCUT2D eigenvalue weighted by atomic mass is 32.2. The highest BCUT2D eigenvalue weighted by Crippen LogP contribution is 2.14. The van der Waals surface area contributed by atoms with E-state index in [0.29, 0.717) is 18.8 Å². The Morgan fingerprint density at radius 2 is 2.11 bits per heavy atom. The molecule has 0 aliphatic carbocycles. The first-order valence-corrected chi connectivity index (χ1v) is 6.47. The quantitative estimate of drug-likeness (QED) is 0.665. The molecular formula is C10H17N3O4S. The molecule has 0 aromatic rings. The molecule has 0 aromatic heterocycles. The first kappa shape index (κ1) is 14.8. The van der Waals surface area contributed by atoms with Crippen molar-refractivity contribution in [3.05, 3.63) is 0 Å². The Labute approximate surface area is 109 Å². The van der Waals surface area contributed by atoms with E-state index in [1.165, 1.54) is 4.90 Å². The number of amides is 2. The summed E-state index contributed by atoms with van der Waals surface area (Å²) in [5, 5.41) is 11.1. The van der Waals surface area contributed by atoms with Gasteiger partial charge >= 0.3 is 5.97 Å². The first-order valence-electron chi connectivity index (χ1n) is 5.48. The van der Waals surface area contributed by atoms with Crippen LogP contribution in [-0.2, 0) is 9.59 Å². The van der Waals surface area contributed by atoms with Crippen LogP contribution in [0.1, 0.15) is 0 Å². The molecule has 0 radical (unpaired) electrons. The zero-order valence-corrected chi connectivity index (χ0v) is 11.2. The zero-order valence-electron chi connectivity index (χ0n) is 10.4. The van der Waals surface area contributed by atoms with Crippen molar-refractivity contribution in [1.29, 1.82) is 0 Å². The van der Waals surface area contributed by atoms with Gasteiger partial charge in [0.1, 0.15) is 12.6 Å². The van der Waals surface area contributed by atoms with Gasteiger partial charge in [0.2, 0.25) is 5.91 Å². The second kappa shape index (κ2) is 6.60. The van der Waals surface area contributed by atoms with Gasteiger partial charge in [0.15, 0.2) is 0 Å². The average Bonchev–Trinajstić information content (AvgIpc) is 2.69. The first-order chi connectivity index (χ1) is 8.40. The number of nitrogens with zero attached hydrogens (tertiary/aromatic N) is 2. The van der Waals surface area contributed by atoms with E-state index in [0.717, 1.165) is 11.8 Å². The van der Waals surface area contributed by atoms with Gasteiger partial charge in [-0.25, -0.2) is 0 Å². The number of carboxylic acids is 1. The zero-order chi connectivity index (χ0) is 13.7. The highest BCUT2D eigenvalue weighted by Gasteiger charge is 2.32. The van der Waals surface area contributed by atoms with Crippen molar-refractivity contribution < 1.29 is 19.5 Å². The third kappa shape index (κ3) is 4.53. The Hall–Kier alpha value is -1.28. The topological polar surface area (TPSA) is 90.0 Å². The third-order valence-corrected chi connectivity index (χ3v) is 3.31. The number of nitrogens with one attached hydrogen (secondary N) is 1. The van der Waals surface area contributed by atoms with E-state index in [2.05, 4.69) is 5.32 Å². The van der Waals surface area contributed by atoms with Gasteiger partial charge in [-0.15, -0.1) is 0 Å². The second-order valence-electron chi connectivity index (χ2n) is 4.25. The summed E-state index contributed by atoms with van der Waals surface area (Å²) in [5.41, 5.74) is 0. The minimum absolute atomic E-state index is 0.240. The summed E-state index contributed by atoms with van der Waals surface area (Å²) in [4.78, 5) is 36.9. The monoisotopic (exact) mass is 275 g/mol. The largest absolute Gasteiger partial charge is 0.480 e. The summed E-state index contributed by atoms with van der Waals surface area (Å²) in [6.07, 6.45) is 0. The van der Waals surface area contributed by atoms with Crippen molar-refractivity contribution in [2.24, 2.45) is 0 Å². The molecule has 1 fully saturated rings. The Kier molecular flexibility index (Phi) is 5.42. The minimum atomic E-state index is -1.06. The predicted molar refractivity (Wildman–Crippen MR) is 67.5 cm³/mol. The van der Waals surface area contributed by atoms with Gasteiger partial charge < -0.3 is 20.2 Å². The van der Waals surface area contributed by atoms with Gasteiger partial charge in [0.25, 0.3) is 5.24 Å². The summed E-state index contributed by atoms with van der Waals surface area (Å²) >= 11 is 1.04. The number of hydrogen-bond acceptors (Lipinski definition) is 5. The Balaban J connectivity index is 2.60. The van der Waals surface area contributed by atoms with Crippen LogP contribution in [0.5, 0.6) is 0 Å². The molecule has 8 heteroatoms. The van der Waals surface area contributed by atoms with E-state index in [4.69, 9.17) is 5.11 Å². The lowest BCUT2D eigenvalue weighted by molar-refractivity contribution is -0.145. The fourth-order valence-corrected chi connectivity index (χ4v) is 2.26. The average molecular weight is 275 g/mol. The molecule has 2 amide bonds. The number of rotatable bonds is 6. The highest BCUT2D eigenvalue weighted by molar-refractivity contribution is 8.14. The van der Waals surface area contributed by atoms with Crippen molar-refractivity contribution >= 4 is 28.9 Å². The molecular weight excluding hydrogens is 258 g/mol. The van der Waals surface area contributed by atoms with Crippen molar-refractivity contribution in [3.8, 4) is 0 Å². The number of carbonyl (C=O) groups is 3. The molecule has 0 saturated carbocycles. The molecule has 102 valence electrons. The normalized spacial score (nSPS) is 18.8. The van der Waals surface area contributed by atoms with Crippen molar-refractivity contribution in [1.82, 2.24) is 15.1 Å². The van der Waals surface area contributed by atoms with Crippen molar-refractivity contribution in [2.75, 3.05) is 39.5 Å². The van der Waals surface area contributed by atoms with E-state index < -0.39 is 12.0 Å². The molecule has 1 aliphatic heterocycles. The molecule has 1 heterocycles. The van der Waals surface area contributed by atoms with Crippen LogP contribution in [0.2, 0.25) is 0 Å². The summed E-state index contributed by atoms with van der Waals surface area (Å²) in [6.45, 7) is 0.561. The van der Waals surface area contributed by atoms with E-state index in [9.17, 15) is 14.4 Å². The number of hydrogen-bond donors (Lipinski definition) is 2. The molecule has 1 saturated heterocycles. The molecule has 7 nitrogen and oxygen atoms in total. The van der Waals surface area contributed by atoms with Crippen molar-refractivity contribution in [3.63, 3.8) is 0 Å². The number of aliphatic carboxylic acids is 1.